The molecule has 0 saturated carbocycles. The van der Waals surface area contributed by atoms with Gasteiger partial charge in [0.15, 0.2) is 4.80 Å². The fraction of sp³-hybridized carbons (Fsp3) is 0.250. The number of sulfonamides is 1. The van der Waals surface area contributed by atoms with Gasteiger partial charge in [0.2, 0.25) is 10.0 Å². The van der Waals surface area contributed by atoms with Crippen LogP contribution >= 0.6 is 11.3 Å². The van der Waals surface area contributed by atoms with Crippen molar-refractivity contribution in [2.45, 2.75) is 37.1 Å². The van der Waals surface area contributed by atoms with E-state index in [0.29, 0.717) is 24.5 Å². The average Bonchev–Trinajstić information content (AvgIpc) is 3.08. The van der Waals surface area contributed by atoms with Gasteiger partial charge in [-0.25, -0.2) is 13.4 Å². The molecule has 3 aromatic carbocycles. The molecule has 1 fully saturated rings. The SMILES string of the molecule is O=S(=O)(c1cccc(-c2csc(=Nc3ccccc3)n2Cc2ccccc2)c1)N1CCCCCC1. The number of hydrogen-bond donors (Lipinski definition) is 0. The number of thiazole rings is 1. The van der Waals surface area contributed by atoms with E-state index >= 15 is 0 Å². The van der Waals surface area contributed by atoms with Gasteiger partial charge in [-0.2, -0.15) is 4.31 Å². The molecule has 0 aliphatic carbocycles. The van der Waals surface area contributed by atoms with Crippen LogP contribution in [0.1, 0.15) is 31.2 Å². The second kappa shape index (κ2) is 10.7. The molecule has 0 bridgehead atoms. The monoisotopic (exact) mass is 503 g/mol. The summed E-state index contributed by atoms with van der Waals surface area (Å²) in [5, 5.41) is 2.07. The quantitative estimate of drug-likeness (QED) is 0.321. The van der Waals surface area contributed by atoms with Crippen LogP contribution in [0.5, 0.6) is 0 Å². The lowest BCUT2D eigenvalue weighted by Crippen LogP contribution is -2.31. The van der Waals surface area contributed by atoms with Crippen molar-refractivity contribution in [3.8, 4) is 11.3 Å². The Hall–Kier alpha value is -3.00. The molecule has 35 heavy (non-hydrogen) atoms. The van der Waals surface area contributed by atoms with Crippen molar-refractivity contribution in [3.05, 3.63) is 101 Å². The molecule has 1 saturated heterocycles. The molecule has 0 amide bonds. The minimum Gasteiger partial charge on any atom is -0.312 e. The topological polar surface area (TPSA) is 54.7 Å². The molecule has 7 heteroatoms. The van der Waals surface area contributed by atoms with E-state index in [4.69, 9.17) is 4.99 Å². The van der Waals surface area contributed by atoms with Gasteiger partial charge in [-0.05, 0) is 42.7 Å². The van der Waals surface area contributed by atoms with Gasteiger partial charge < -0.3 is 4.57 Å². The first-order chi connectivity index (χ1) is 17.1. The smallest absolute Gasteiger partial charge is 0.243 e. The van der Waals surface area contributed by atoms with Crippen LogP contribution < -0.4 is 4.80 Å². The highest BCUT2D eigenvalue weighted by molar-refractivity contribution is 7.89. The number of para-hydroxylation sites is 1. The van der Waals surface area contributed by atoms with Gasteiger partial charge in [-0.3, -0.25) is 0 Å². The third-order valence-electron chi connectivity index (χ3n) is 6.29. The molecule has 0 N–H and O–H groups in total. The van der Waals surface area contributed by atoms with Crippen molar-refractivity contribution in [1.82, 2.24) is 8.87 Å². The molecule has 1 aliphatic rings. The maximum atomic E-state index is 13.4. The highest BCUT2D eigenvalue weighted by Crippen LogP contribution is 2.27. The molecule has 5 rings (SSSR count). The minimum absolute atomic E-state index is 0.357. The zero-order valence-corrected chi connectivity index (χ0v) is 21.2. The van der Waals surface area contributed by atoms with Crippen LogP contribution in [0.3, 0.4) is 0 Å². The van der Waals surface area contributed by atoms with Crippen molar-refractivity contribution < 1.29 is 8.42 Å². The number of aromatic nitrogens is 1. The van der Waals surface area contributed by atoms with Gasteiger partial charge in [0.05, 0.1) is 22.8 Å². The van der Waals surface area contributed by atoms with E-state index in [-0.39, 0.29) is 0 Å². The lowest BCUT2D eigenvalue weighted by molar-refractivity contribution is 0.424. The fourth-order valence-electron chi connectivity index (χ4n) is 4.43. The first-order valence-corrected chi connectivity index (χ1v) is 14.4. The minimum atomic E-state index is -3.53. The van der Waals surface area contributed by atoms with Crippen LogP contribution in [0.2, 0.25) is 0 Å². The summed E-state index contributed by atoms with van der Waals surface area (Å²) in [5.74, 6) is 0. The maximum Gasteiger partial charge on any atom is 0.243 e. The largest absolute Gasteiger partial charge is 0.312 e. The highest BCUT2D eigenvalue weighted by Gasteiger charge is 2.25. The van der Waals surface area contributed by atoms with Gasteiger partial charge in [0.25, 0.3) is 0 Å². The Kier molecular flexibility index (Phi) is 7.27. The number of rotatable bonds is 6. The van der Waals surface area contributed by atoms with Crippen LogP contribution in [0.15, 0.2) is 100 Å². The van der Waals surface area contributed by atoms with E-state index in [2.05, 4.69) is 22.1 Å². The number of benzene rings is 3. The molecule has 180 valence electrons. The van der Waals surface area contributed by atoms with Crippen LogP contribution in [-0.2, 0) is 16.6 Å². The van der Waals surface area contributed by atoms with Crippen LogP contribution in [0.4, 0.5) is 5.69 Å². The van der Waals surface area contributed by atoms with E-state index in [1.54, 1.807) is 21.7 Å². The predicted octanol–water partition coefficient (Wildman–Crippen LogP) is 6.06. The lowest BCUT2D eigenvalue weighted by atomic mass is 10.1. The van der Waals surface area contributed by atoms with Gasteiger partial charge in [0, 0.05) is 24.0 Å². The van der Waals surface area contributed by atoms with Crippen molar-refractivity contribution in [1.29, 1.82) is 0 Å². The maximum absolute atomic E-state index is 13.4. The van der Waals surface area contributed by atoms with Crippen molar-refractivity contribution in [2.24, 2.45) is 4.99 Å². The number of nitrogens with zero attached hydrogens (tertiary/aromatic N) is 3. The molecule has 0 atom stereocenters. The Balaban J connectivity index is 1.57. The van der Waals surface area contributed by atoms with Crippen LogP contribution in [0, 0.1) is 0 Å². The van der Waals surface area contributed by atoms with Crippen molar-refractivity contribution >= 4 is 27.0 Å². The Morgan fingerprint density at radius 1 is 0.800 bits per heavy atom. The normalized spacial score (nSPS) is 15.7. The van der Waals surface area contributed by atoms with E-state index < -0.39 is 10.0 Å². The summed E-state index contributed by atoms with van der Waals surface area (Å²) in [6, 6.07) is 27.5. The molecule has 0 unspecified atom stereocenters. The summed E-state index contributed by atoms with van der Waals surface area (Å²) in [6.45, 7) is 1.84. The molecular weight excluding hydrogens is 474 g/mol. The molecule has 4 aromatic rings. The van der Waals surface area contributed by atoms with E-state index in [1.165, 1.54) is 0 Å². The molecule has 0 radical (unpaired) electrons. The van der Waals surface area contributed by atoms with E-state index in [0.717, 1.165) is 53.0 Å². The zero-order valence-electron chi connectivity index (χ0n) is 19.6. The standard InChI is InChI=1S/C28H29N3O2S2/c32-35(33,30-18-9-1-2-10-19-30)26-17-11-14-24(20-26)27-22-34-28(29-25-15-7-4-8-16-25)31(27)21-23-12-5-3-6-13-23/h3-8,11-17,20,22H,1-2,9-10,18-19,21H2. The van der Waals surface area contributed by atoms with Gasteiger partial charge in [-0.15, -0.1) is 11.3 Å². The van der Waals surface area contributed by atoms with E-state index in [9.17, 15) is 8.42 Å². The summed E-state index contributed by atoms with van der Waals surface area (Å²) in [4.78, 5) is 6.12. The van der Waals surface area contributed by atoms with E-state index in [1.807, 2.05) is 66.7 Å². The summed E-state index contributed by atoms with van der Waals surface area (Å²) in [5.41, 5.74) is 3.89. The van der Waals surface area contributed by atoms with Crippen LogP contribution in [-0.4, -0.2) is 30.4 Å². The first-order valence-electron chi connectivity index (χ1n) is 12.0. The first kappa shape index (κ1) is 23.7. The summed E-state index contributed by atoms with van der Waals surface area (Å²) >= 11 is 1.57. The highest BCUT2D eigenvalue weighted by atomic mass is 32.2. The third kappa shape index (κ3) is 5.48. The Bertz CT molecular complexity index is 1430. The zero-order chi connectivity index (χ0) is 24.1. The van der Waals surface area contributed by atoms with Gasteiger partial charge >= 0.3 is 0 Å². The predicted molar refractivity (Wildman–Crippen MR) is 142 cm³/mol. The Morgan fingerprint density at radius 3 is 2.20 bits per heavy atom. The molecule has 0 spiro atoms. The van der Waals surface area contributed by atoms with Crippen LogP contribution in [0.25, 0.3) is 11.3 Å². The fourth-order valence-corrected chi connectivity index (χ4v) is 6.92. The average molecular weight is 504 g/mol. The summed E-state index contributed by atoms with van der Waals surface area (Å²) in [6.07, 6.45) is 4.03. The molecule has 2 heterocycles. The second-order valence-electron chi connectivity index (χ2n) is 8.77. The lowest BCUT2D eigenvalue weighted by Gasteiger charge is -2.20. The third-order valence-corrected chi connectivity index (χ3v) is 9.05. The van der Waals surface area contributed by atoms with Crippen molar-refractivity contribution in [3.63, 3.8) is 0 Å². The molecular formula is C28H29N3O2S2. The second-order valence-corrected chi connectivity index (χ2v) is 11.5. The van der Waals surface area contributed by atoms with Crippen molar-refractivity contribution in [2.75, 3.05) is 13.1 Å². The number of hydrogen-bond acceptors (Lipinski definition) is 4. The molecule has 5 nitrogen and oxygen atoms in total. The molecule has 1 aromatic heterocycles. The molecule has 1 aliphatic heterocycles. The Morgan fingerprint density at radius 2 is 1.49 bits per heavy atom. The summed E-state index contributed by atoms with van der Waals surface area (Å²) in [7, 11) is -3.53. The van der Waals surface area contributed by atoms with Gasteiger partial charge in [-0.1, -0.05) is 73.5 Å². The Labute approximate surface area is 211 Å². The van der Waals surface area contributed by atoms with Gasteiger partial charge in [0.1, 0.15) is 0 Å². The summed E-state index contributed by atoms with van der Waals surface area (Å²) < 4.78 is 30.7.